The first-order chi connectivity index (χ1) is 36.7. The zero-order valence-electron chi connectivity index (χ0n) is 45.0. The van der Waals surface area contributed by atoms with Crippen molar-refractivity contribution in [3.63, 3.8) is 0 Å². The van der Waals surface area contributed by atoms with E-state index in [-0.39, 0.29) is 39.0 Å². The smallest absolute Gasteiger partial charge is 0.306 e. The van der Waals surface area contributed by atoms with Gasteiger partial charge < -0.3 is 66.7 Å². The van der Waals surface area contributed by atoms with Gasteiger partial charge in [-0.1, -0.05) is 113 Å². The van der Waals surface area contributed by atoms with Gasteiger partial charge in [0.15, 0.2) is 18.7 Å². The van der Waals surface area contributed by atoms with Crippen molar-refractivity contribution >= 4 is 5.97 Å². The number of hydrogen-bond acceptors (Lipinski definition) is 15. The minimum Gasteiger partial charge on any atom is -0.497 e. The molecule has 0 saturated carbocycles. The number of carbonyl (C=O) groups excluding carboxylic acids is 1. The van der Waals surface area contributed by atoms with Crippen LogP contribution >= 0.6 is 0 Å². The number of carbonyl (C=O) groups is 1. The Hall–Kier alpha value is -4.81. The molecule has 412 valence electrons. The number of hydrogen-bond donors (Lipinski definition) is 1. The topological polar surface area (TPSA) is 157 Å². The van der Waals surface area contributed by atoms with Crippen molar-refractivity contribution in [3.05, 3.63) is 119 Å². The lowest BCUT2D eigenvalue weighted by molar-refractivity contribution is -0.379. The first-order valence-corrected chi connectivity index (χ1v) is 27.1. The van der Waals surface area contributed by atoms with E-state index in [9.17, 15) is 9.90 Å². The van der Waals surface area contributed by atoms with Gasteiger partial charge in [0.05, 0.1) is 73.7 Å². The number of aliphatic hydroxyl groups is 1. The van der Waals surface area contributed by atoms with Crippen molar-refractivity contribution in [2.45, 2.75) is 191 Å². The third-order valence-electron chi connectivity index (χ3n) is 14.3. The lowest BCUT2D eigenvalue weighted by Gasteiger charge is -2.49. The van der Waals surface area contributed by atoms with E-state index in [4.69, 9.17) is 61.6 Å². The van der Waals surface area contributed by atoms with E-state index in [1.165, 1.54) is 0 Å². The maximum atomic E-state index is 14.0. The Morgan fingerprint density at radius 3 is 1.51 bits per heavy atom. The molecule has 4 aromatic rings. The molecule has 0 unspecified atom stereocenters. The molecule has 11 atom stereocenters. The van der Waals surface area contributed by atoms with Crippen LogP contribution in [0.25, 0.3) is 0 Å². The first-order valence-electron chi connectivity index (χ1n) is 27.1. The molecule has 7 rings (SSSR count). The number of fused-ring (bicyclic) bond motifs is 2. The van der Waals surface area contributed by atoms with Crippen LogP contribution in [-0.4, -0.2) is 114 Å². The summed E-state index contributed by atoms with van der Waals surface area (Å²) in [6.45, 7) is 4.78. The molecule has 3 heterocycles. The van der Waals surface area contributed by atoms with E-state index >= 15 is 0 Å². The van der Waals surface area contributed by atoms with Gasteiger partial charge in [0.25, 0.3) is 0 Å². The second kappa shape index (κ2) is 30.8. The van der Waals surface area contributed by atoms with Gasteiger partial charge in [0.2, 0.25) is 0 Å². The van der Waals surface area contributed by atoms with Crippen molar-refractivity contribution in [1.29, 1.82) is 0 Å². The molecular weight excluding hydrogens is 961 g/mol. The summed E-state index contributed by atoms with van der Waals surface area (Å²) < 4.78 is 83.9. The average Bonchev–Trinajstić information content (AvgIpc) is 3.44. The molecule has 0 bridgehead atoms. The van der Waals surface area contributed by atoms with Crippen LogP contribution in [-0.2, 0) is 73.9 Å². The molecule has 15 heteroatoms. The fourth-order valence-electron chi connectivity index (χ4n) is 9.81. The van der Waals surface area contributed by atoms with Crippen LogP contribution in [0.3, 0.4) is 0 Å². The SMILES string of the molecule is CCCCC[C@H]1CCCCCCCCCC(=O)O[C@H]2[C@H](O[C@H]3[C@H](O1)O[C@H](COCc1ccc(OC)cc1)[C@@H](OCc1ccc(OC)cc1)[C@@H]3OCc1ccc(OC)cc1)O[C@@H](C)[C@H](O)[C@H]2OCc1ccc(OC)cc1. The van der Waals surface area contributed by atoms with Crippen molar-refractivity contribution in [2.24, 2.45) is 0 Å². The second-order valence-electron chi connectivity index (χ2n) is 19.8. The van der Waals surface area contributed by atoms with Gasteiger partial charge in [-0.3, -0.25) is 4.79 Å². The predicted octanol–water partition coefficient (Wildman–Crippen LogP) is 10.6. The second-order valence-corrected chi connectivity index (χ2v) is 19.8. The van der Waals surface area contributed by atoms with E-state index in [1.54, 1.807) is 35.4 Å². The minimum atomic E-state index is -1.28. The fourth-order valence-corrected chi connectivity index (χ4v) is 9.81. The Balaban J connectivity index is 1.30. The van der Waals surface area contributed by atoms with Gasteiger partial charge in [0.1, 0.15) is 59.6 Å². The summed E-state index contributed by atoms with van der Waals surface area (Å²) in [5.74, 6) is 2.44. The van der Waals surface area contributed by atoms with E-state index in [0.29, 0.717) is 24.5 Å². The standard InChI is InChI=1S/C60H82O15/c1-7-8-14-17-50-18-15-12-10-9-11-13-16-19-52(61)74-57-55(69-38-44-24-32-48(65-5)33-25-44)53(62)41(2)71-59(57)75-58-56(70-39-45-26-34-49(66-6)35-27-45)54(68-37-43-22-30-47(64-4)31-23-43)51(73-60(58)72-50)40-67-36-42-20-28-46(63-3)29-21-42/h20-35,41,50-51,53-60,62H,7-19,36-40H2,1-6H3/t41-,50-,51+,53-,54+,55+,56-,57+,58+,59-,60+/m0/s1. The fraction of sp³-hybridized carbons (Fsp3) is 0.583. The number of aliphatic hydroxyl groups excluding tert-OH is 1. The molecule has 0 spiro atoms. The maximum Gasteiger partial charge on any atom is 0.306 e. The van der Waals surface area contributed by atoms with Crippen LogP contribution in [0.1, 0.15) is 120 Å². The average molecular weight is 1040 g/mol. The summed E-state index contributed by atoms with van der Waals surface area (Å²) in [5, 5.41) is 11.9. The van der Waals surface area contributed by atoms with Crippen molar-refractivity contribution in [1.82, 2.24) is 0 Å². The first kappa shape index (κ1) is 57.9. The lowest BCUT2D eigenvalue weighted by atomic mass is 9.96. The zero-order valence-corrected chi connectivity index (χ0v) is 45.0. The molecule has 0 aromatic heterocycles. The summed E-state index contributed by atoms with van der Waals surface area (Å²) in [4.78, 5) is 14.0. The Bertz CT molecular complexity index is 2210. The van der Waals surface area contributed by atoms with Gasteiger partial charge >= 0.3 is 5.97 Å². The van der Waals surface area contributed by atoms with Gasteiger partial charge in [-0.2, -0.15) is 0 Å². The molecule has 3 fully saturated rings. The molecule has 1 N–H and O–H groups in total. The Morgan fingerprint density at radius 1 is 0.520 bits per heavy atom. The summed E-state index contributed by atoms with van der Waals surface area (Å²) in [7, 11) is 6.52. The van der Waals surface area contributed by atoms with Crippen LogP contribution in [0.15, 0.2) is 97.1 Å². The molecule has 0 amide bonds. The van der Waals surface area contributed by atoms with E-state index in [1.807, 2.05) is 97.1 Å². The molecule has 3 aliphatic heterocycles. The molecule has 3 saturated heterocycles. The minimum absolute atomic E-state index is 0.101. The molecule has 0 aliphatic carbocycles. The third kappa shape index (κ3) is 17.6. The molecule has 4 aromatic carbocycles. The third-order valence-corrected chi connectivity index (χ3v) is 14.3. The van der Waals surface area contributed by atoms with Crippen LogP contribution in [0.5, 0.6) is 23.0 Å². The van der Waals surface area contributed by atoms with Gasteiger partial charge in [-0.25, -0.2) is 0 Å². The Labute approximate surface area is 444 Å². The predicted molar refractivity (Wildman–Crippen MR) is 282 cm³/mol. The van der Waals surface area contributed by atoms with Gasteiger partial charge in [-0.05, 0) is 97.0 Å². The summed E-state index contributed by atoms with van der Waals surface area (Å²) in [6, 6.07) is 30.6. The normalized spacial score (nSPS) is 27.1. The molecule has 75 heavy (non-hydrogen) atoms. The Morgan fingerprint density at radius 2 is 0.987 bits per heavy atom. The highest BCUT2D eigenvalue weighted by atomic mass is 16.8. The number of benzene rings is 4. The molecule has 15 nitrogen and oxygen atoms in total. The number of methoxy groups -OCH3 is 4. The number of unbranched alkanes of at least 4 members (excludes halogenated alkanes) is 2. The van der Waals surface area contributed by atoms with Gasteiger partial charge in [0, 0.05) is 6.42 Å². The van der Waals surface area contributed by atoms with E-state index in [2.05, 4.69) is 6.92 Å². The Kier molecular flexibility index (Phi) is 23.8. The van der Waals surface area contributed by atoms with E-state index in [0.717, 1.165) is 104 Å². The van der Waals surface area contributed by atoms with Crippen LogP contribution in [0.4, 0.5) is 0 Å². The molecule has 0 radical (unpaired) electrons. The summed E-state index contributed by atoms with van der Waals surface area (Å²) >= 11 is 0. The zero-order chi connectivity index (χ0) is 52.8. The quantitative estimate of drug-likeness (QED) is 0.0620. The lowest BCUT2D eigenvalue weighted by Crippen LogP contribution is -2.66. The summed E-state index contributed by atoms with van der Waals surface area (Å²) in [6.07, 6.45) is 1.43. The number of rotatable bonds is 21. The molecular formula is C60H82O15. The highest BCUT2D eigenvalue weighted by Gasteiger charge is 2.54. The highest BCUT2D eigenvalue weighted by molar-refractivity contribution is 5.69. The monoisotopic (exact) mass is 1040 g/mol. The maximum absolute atomic E-state index is 14.0. The van der Waals surface area contributed by atoms with Crippen LogP contribution < -0.4 is 18.9 Å². The number of ether oxygens (including phenoxy) is 13. The highest BCUT2D eigenvalue weighted by Crippen LogP contribution is 2.37. The van der Waals surface area contributed by atoms with Crippen molar-refractivity contribution in [3.8, 4) is 23.0 Å². The van der Waals surface area contributed by atoms with Crippen LogP contribution in [0, 0.1) is 0 Å². The van der Waals surface area contributed by atoms with Gasteiger partial charge in [-0.15, -0.1) is 0 Å². The largest absolute Gasteiger partial charge is 0.497 e. The summed E-state index contributed by atoms with van der Waals surface area (Å²) in [5.41, 5.74) is 3.56. The van der Waals surface area contributed by atoms with Crippen molar-refractivity contribution < 1.29 is 71.5 Å². The van der Waals surface area contributed by atoms with Crippen LogP contribution in [0.2, 0.25) is 0 Å². The van der Waals surface area contributed by atoms with Crippen molar-refractivity contribution in [2.75, 3.05) is 35.0 Å². The van der Waals surface area contributed by atoms with E-state index < -0.39 is 67.4 Å². The molecule has 3 aliphatic rings. The number of esters is 1.